The van der Waals surface area contributed by atoms with E-state index in [-0.39, 0.29) is 17.9 Å². The first kappa shape index (κ1) is 15.3. The topological polar surface area (TPSA) is 88.1 Å². The van der Waals surface area contributed by atoms with Gasteiger partial charge in [0, 0.05) is 11.0 Å². The zero-order chi connectivity index (χ0) is 14.3. The van der Waals surface area contributed by atoms with Crippen molar-refractivity contribution in [2.45, 2.75) is 33.3 Å². The number of oxime groups is 1. The van der Waals surface area contributed by atoms with Crippen LogP contribution in [0.1, 0.15) is 32.3 Å². The number of amidine groups is 1. The highest BCUT2D eigenvalue weighted by atomic mass is 16.5. The molecule has 0 saturated carbocycles. The van der Waals surface area contributed by atoms with Gasteiger partial charge in [0.15, 0.2) is 0 Å². The third-order valence-electron chi connectivity index (χ3n) is 3.15. The number of rotatable bonds is 7. The van der Waals surface area contributed by atoms with E-state index < -0.39 is 0 Å². The first-order valence-corrected chi connectivity index (χ1v) is 6.31. The monoisotopic (exact) mass is 266 g/mol. The number of nitrogens with zero attached hydrogens (tertiary/aromatic N) is 1. The highest BCUT2D eigenvalue weighted by Gasteiger charge is 2.22. The van der Waals surface area contributed by atoms with Crippen LogP contribution in [0.3, 0.4) is 0 Å². The lowest BCUT2D eigenvalue weighted by molar-refractivity contribution is 0.253. The van der Waals surface area contributed by atoms with Crippen molar-refractivity contribution in [3.8, 4) is 5.75 Å². The highest BCUT2D eigenvalue weighted by Crippen LogP contribution is 2.23. The molecule has 0 aromatic heterocycles. The fraction of sp³-hybridized carbons (Fsp3) is 0.500. The summed E-state index contributed by atoms with van der Waals surface area (Å²) in [6, 6.07) is 7.39. The van der Waals surface area contributed by atoms with Gasteiger partial charge in [-0.1, -0.05) is 37.2 Å². The highest BCUT2D eigenvalue weighted by molar-refractivity contribution is 5.85. The Morgan fingerprint density at radius 2 is 2.05 bits per heavy atom. The average molecular weight is 266 g/mol. The maximum atomic E-state index is 9.17. The quantitative estimate of drug-likeness (QED) is 0.232. The normalized spacial score (nSPS) is 12.5. The summed E-state index contributed by atoms with van der Waals surface area (Å²) in [7, 11) is 0. The number of aliphatic hydroxyl groups is 1. The molecule has 0 saturated heterocycles. The molecule has 0 aliphatic rings. The van der Waals surface area contributed by atoms with Crippen molar-refractivity contribution < 1.29 is 15.1 Å². The first-order chi connectivity index (χ1) is 9.01. The Kier molecular flexibility index (Phi) is 5.63. The molecule has 0 bridgehead atoms. The molecule has 1 aromatic carbocycles. The largest absolute Gasteiger partial charge is 0.493 e. The molecular formula is C14H22N2O3. The predicted octanol–water partition coefficient (Wildman–Crippen LogP) is 2.11. The van der Waals surface area contributed by atoms with Crippen LogP contribution in [0.25, 0.3) is 0 Å². The van der Waals surface area contributed by atoms with Crippen molar-refractivity contribution in [1.29, 1.82) is 0 Å². The van der Waals surface area contributed by atoms with Crippen molar-refractivity contribution in [2.75, 3.05) is 6.61 Å². The Labute approximate surface area is 113 Å². The van der Waals surface area contributed by atoms with Gasteiger partial charge in [-0.2, -0.15) is 0 Å². The van der Waals surface area contributed by atoms with E-state index in [1.807, 2.05) is 38.1 Å². The van der Waals surface area contributed by atoms with Crippen molar-refractivity contribution in [3.63, 3.8) is 0 Å². The van der Waals surface area contributed by atoms with Gasteiger partial charge in [0.05, 0.1) is 13.2 Å². The number of benzene rings is 1. The van der Waals surface area contributed by atoms with Crippen molar-refractivity contribution >= 4 is 5.84 Å². The summed E-state index contributed by atoms with van der Waals surface area (Å²) in [5.41, 5.74) is 6.04. The number of hydrogen-bond donors (Lipinski definition) is 3. The Morgan fingerprint density at radius 3 is 2.68 bits per heavy atom. The molecule has 0 unspecified atom stereocenters. The SMILES string of the molecule is CC(C)(CCCOc1ccccc1CO)C(N)=NO. The third-order valence-corrected chi connectivity index (χ3v) is 3.15. The van der Waals surface area contributed by atoms with Crippen LogP contribution in [-0.4, -0.2) is 22.8 Å². The number of ether oxygens (including phenoxy) is 1. The Bertz CT molecular complexity index is 430. The molecule has 0 aliphatic carbocycles. The van der Waals surface area contributed by atoms with Crippen LogP contribution in [0.4, 0.5) is 0 Å². The van der Waals surface area contributed by atoms with Crippen LogP contribution in [-0.2, 0) is 6.61 Å². The van der Waals surface area contributed by atoms with Gasteiger partial charge in [0.25, 0.3) is 0 Å². The standard InChI is InChI=1S/C14H22N2O3/c1-14(2,13(15)16-18)8-5-9-19-12-7-4-3-6-11(12)10-17/h3-4,6-7,17-18H,5,8-10H2,1-2H3,(H2,15,16). The zero-order valence-corrected chi connectivity index (χ0v) is 11.5. The van der Waals surface area contributed by atoms with Crippen LogP contribution in [0, 0.1) is 5.41 Å². The molecule has 19 heavy (non-hydrogen) atoms. The Morgan fingerprint density at radius 1 is 1.37 bits per heavy atom. The minimum atomic E-state index is -0.353. The molecule has 0 aliphatic heterocycles. The van der Waals surface area contributed by atoms with Crippen molar-refractivity contribution in [1.82, 2.24) is 0 Å². The minimum absolute atomic E-state index is 0.0359. The van der Waals surface area contributed by atoms with Crippen LogP contribution >= 0.6 is 0 Å². The van der Waals surface area contributed by atoms with Gasteiger partial charge < -0.3 is 20.8 Å². The maximum absolute atomic E-state index is 9.17. The lowest BCUT2D eigenvalue weighted by Gasteiger charge is -2.22. The molecule has 0 radical (unpaired) electrons. The summed E-state index contributed by atoms with van der Waals surface area (Å²) in [6.45, 7) is 4.33. The Balaban J connectivity index is 2.43. The molecule has 1 aromatic rings. The summed E-state index contributed by atoms with van der Waals surface area (Å²) in [5.74, 6) is 0.926. The fourth-order valence-electron chi connectivity index (χ4n) is 1.73. The Hall–Kier alpha value is -1.75. The first-order valence-electron chi connectivity index (χ1n) is 6.31. The molecule has 0 spiro atoms. The summed E-state index contributed by atoms with van der Waals surface area (Å²) < 4.78 is 5.63. The van der Waals surface area contributed by atoms with Gasteiger partial charge in [-0.15, -0.1) is 0 Å². The molecule has 0 atom stereocenters. The van der Waals surface area contributed by atoms with Gasteiger partial charge >= 0.3 is 0 Å². The lowest BCUT2D eigenvalue weighted by Crippen LogP contribution is -2.32. The van der Waals surface area contributed by atoms with Crippen molar-refractivity contribution in [2.24, 2.45) is 16.3 Å². The number of nitrogens with two attached hydrogens (primary N) is 1. The van der Waals surface area contributed by atoms with E-state index in [2.05, 4.69) is 5.16 Å². The number of hydrogen-bond acceptors (Lipinski definition) is 4. The van der Waals surface area contributed by atoms with E-state index in [0.29, 0.717) is 12.4 Å². The maximum Gasteiger partial charge on any atom is 0.144 e. The smallest absolute Gasteiger partial charge is 0.144 e. The summed E-state index contributed by atoms with van der Waals surface area (Å²) >= 11 is 0. The molecule has 0 amide bonds. The van der Waals surface area contributed by atoms with Gasteiger partial charge in [0.2, 0.25) is 0 Å². The predicted molar refractivity (Wildman–Crippen MR) is 74.3 cm³/mol. The molecule has 5 nitrogen and oxygen atoms in total. The van der Waals surface area contributed by atoms with E-state index in [1.165, 1.54) is 0 Å². The van der Waals surface area contributed by atoms with Gasteiger partial charge in [-0.25, -0.2) is 0 Å². The molecule has 4 N–H and O–H groups in total. The summed E-state index contributed by atoms with van der Waals surface area (Å²) in [5, 5.41) is 20.9. The van der Waals surface area contributed by atoms with Crippen LogP contribution in [0.2, 0.25) is 0 Å². The third kappa shape index (κ3) is 4.44. The second-order valence-corrected chi connectivity index (χ2v) is 5.09. The molecule has 106 valence electrons. The second kappa shape index (κ2) is 6.99. The minimum Gasteiger partial charge on any atom is -0.493 e. The molecule has 0 heterocycles. The molecule has 1 rings (SSSR count). The van der Waals surface area contributed by atoms with Gasteiger partial charge in [-0.05, 0) is 18.9 Å². The zero-order valence-electron chi connectivity index (χ0n) is 11.5. The molecule has 5 heteroatoms. The van der Waals surface area contributed by atoms with E-state index in [4.69, 9.17) is 20.8 Å². The fourth-order valence-corrected chi connectivity index (χ4v) is 1.73. The van der Waals surface area contributed by atoms with Gasteiger partial charge in [-0.3, -0.25) is 0 Å². The average Bonchev–Trinajstić information content (AvgIpc) is 2.43. The van der Waals surface area contributed by atoms with Crippen LogP contribution in [0.5, 0.6) is 5.75 Å². The van der Waals surface area contributed by atoms with E-state index in [1.54, 1.807) is 0 Å². The lowest BCUT2D eigenvalue weighted by atomic mass is 9.87. The number of para-hydroxylation sites is 1. The van der Waals surface area contributed by atoms with E-state index in [0.717, 1.165) is 18.4 Å². The van der Waals surface area contributed by atoms with Crippen LogP contribution in [0.15, 0.2) is 29.4 Å². The second-order valence-electron chi connectivity index (χ2n) is 5.09. The molecule has 0 fully saturated rings. The van der Waals surface area contributed by atoms with Crippen molar-refractivity contribution in [3.05, 3.63) is 29.8 Å². The summed E-state index contributed by atoms with van der Waals surface area (Å²) in [4.78, 5) is 0. The summed E-state index contributed by atoms with van der Waals surface area (Å²) in [6.07, 6.45) is 1.53. The molecular weight excluding hydrogens is 244 g/mol. The van der Waals surface area contributed by atoms with E-state index in [9.17, 15) is 0 Å². The van der Waals surface area contributed by atoms with E-state index >= 15 is 0 Å². The number of aliphatic hydroxyl groups excluding tert-OH is 1. The van der Waals surface area contributed by atoms with Crippen LogP contribution < -0.4 is 10.5 Å². The van der Waals surface area contributed by atoms with Gasteiger partial charge in [0.1, 0.15) is 11.6 Å².